The van der Waals surface area contributed by atoms with Gasteiger partial charge in [-0.15, -0.1) is 11.3 Å². The highest BCUT2D eigenvalue weighted by Gasteiger charge is 2.33. The van der Waals surface area contributed by atoms with Gasteiger partial charge in [-0.1, -0.05) is 6.07 Å². The molecule has 22 heavy (non-hydrogen) atoms. The third-order valence-corrected chi connectivity index (χ3v) is 4.86. The Bertz CT molecular complexity index is 558. The summed E-state index contributed by atoms with van der Waals surface area (Å²) in [7, 11) is 1.59. The van der Waals surface area contributed by atoms with Crippen LogP contribution in [0.4, 0.5) is 0 Å². The van der Waals surface area contributed by atoms with Crippen molar-refractivity contribution in [3.05, 3.63) is 22.4 Å². The molecule has 1 aromatic heterocycles. The molecule has 1 aromatic rings. The van der Waals surface area contributed by atoms with Gasteiger partial charge in [-0.05, 0) is 31.2 Å². The summed E-state index contributed by atoms with van der Waals surface area (Å²) in [6.45, 7) is 2.10. The van der Waals surface area contributed by atoms with Crippen molar-refractivity contribution in [1.82, 2.24) is 9.80 Å². The molecule has 2 rings (SSSR count). The zero-order chi connectivity index (χ0) is 16.3. The van der Waals surface area contributed by atoms with Crippen molar-refractivity contribution in [2.24, 2.45) is 5.92 Å². The number of aliphatic carboxylic acids is 1. The smallest absolute Gasteiger partial charge is 0.308 e. The molecule has 0 aliphatic carbocycles. The Hall–Kier alpha value is -1.89. The van der Waals surface area contributed by atoms with Gasteiger partial charge in [0.05, 0.1) is 17.3 Å². The second kappa shape index (κ2) is 6.91. The lowest BCUT2D eigenvalue weighted by Gasteiger charge is -2.37. The number of piperidine rings is 1. The van der Waals surface area contributed by atoms with Crippen molar-refractivity contribution in [2.45, 2.75) is 25.8 Å². The Kier molecular flexibility index (Phi) is 5.18. The van der Waals surface area contributed by atoms with Crippen molar-refractivity contribution in [1.29, 1.82) is 0 Å². The van der Waals surface area contributed by atoms with Gasteiger partial charge in [-0.2, -0.15) is 0 Å². The molecule has 0 bridgehead atoms. The van der Waals surface area contributed by atoms with Gasteiger partial charge >= 0.3 is 5.97 Å². The van der Waals surface area contributed by atoms with Crippen LogP contribution in [0.3, 0.4) is 0 Å². The van der Waals surface area contributed by atoms with Crippen LogP contribution >= 0.6 is 11.3 Å². The molecule has 0 spiro atoms. The van der Waals surface area contributed by atoms with Gasteiger partial charge in [0, 0.05) is 19.6 Å². The van der Waals surface area contributed by atoms with Gasteiger partial charge in [0.15, 0.2) is 0 Å². The Morgan fingerprint density at radius 3 is 2.73 bits per heavy atom. The maximum atomic E-state index is 12.4. The average Bonchev–Trinajstić information content (AvgIpc) is 3.00. The van der Waals surface area contributed by atoms with E-state index in [2.05, 4.69) is 0 Å². The van der Waals surface area contributed by atoms with Crippen LogP contribution in [-0.4, -0.2) is 58.9 Å². The molecule has 0 aromatic carbocycles. The highest BCUT2D eigenvalue weighted by atomic mass is 32.1. The third kappa shape index (κ3) is 3.65. The summed E-state index contributed by atoms with van der Waals surface area (Å²) in [5.41, 5.74) is 0. The summed E-state index contributed by atoms with van der Waals surface area (Å²) in [5.74, 6) is -1.78. The number of carbonyl (C=O) groups is 3. The van der Waals surface area contributed by atoms with E-state index in [0.29, 0.717) is 17.7 Å². The normalized spacial score (nSPS) is 21.5. The Balaban J connectivity index is 1.98. The zero-order valence-corrected chi connectivity index (χ0v) is 13.5. The maximum absolute atomic E-state index is 12.4. The molecule has 7 heteroatoms. The number of thiophene rings is 1. The Labute approximate surface area is 133 Å². The molecule has 0 radical (unpaired) electrons. The van der Waals surface area contributed by atoms with Crippen LogP contribution in [0, 0.1) is 5.92 Å². The number of likely N-dealkylation sites (N-methyl/N-ethyl adjacent to an activating group) is 1. The van der Waals surface area contributed by atoms with Gasteiger partial charge in [0.1, 0.15) is 0 Å². The molecule has 1 fully saturated rings. The molecule has 120 valence electrons. The molecular formula is C15H20N2O4S. The zero-order valence-electron chi connectivity index (χ0n) is 12.7. The number of hydrogen-bond acceptors (Lipinski definition) is 4. The number of hydrogen-bond donors (Lipinski definition) is 1. The van der Waals surface area contributed by atoms with Gasteiger partial charge in [0.2, 0.25) is 5.91 Å². The van der Waals surface area contributed by atoms with Crippen LogP contribution < -0.4 is 0 Å². The SMILES string of the molecule is CC1CCC(C(=O)O)CN1C(=O)CN(C)C(=O)c1cccs1. The lowest BCUT2D eigenvalue weighted by Crippen LogP contribution is -2.50. The molecular weight excluding hydrogens is 304 g/mol. The average molecular weight is 324 g/mol. The molecule has 6 nitrogen and oxygen atoms in total. The number of likely N-dealkylation sites (tertiary alicyclic amines) is 1. The molecule has 2 atom stereocenters. The van der Waals surface area contributed by atoms with Crippen LogP contribution in [0.1, 0.15) is 29.4 Å². The van der Waals surface area contributed by atoms with Crippen molar-refractivity contribution in [2.75, 3.05) is 20.1 Å². The summed E-state index contributed by atoms with van der Waals surface area (Å²) < 4.78 is 0. The summed E-state index contributed by atoms with van der Waals surface area (Å²) >= 11 is 1.33. The van der Waals surface area contributed by atoms with Crippen LogP contribution in [0.15, 0.2) is 17.5 Å². The van der Waals surface area contributed by atoms with Crippen LogP contribution in [-0.2, 0) is 9.59 Å². The topological polar surface area (TPSA) is 77.9 Å². The molecule has 1 aliphatic heterocycles. The van der Waals surface area contributed by atoms with E-state index in [1.165, 1.54) is 16.2 Å². The summed E-state index contributed by atoms with van der Waals surface area (Å²) in [6.07, 6.45) is 1.26. The second-order valence-electron chi connectivity index (χ2n) is 5.65. The molecule has 2 heterocycles. The summed E-state index contributed by atoms with van der Waals surface area (Å²) in [6, 6.07) is 3.52. The lowest BCUT2D eigenvalue weighted by molar-refractivity contribution is -0.147. The summed E-state index contributed by atoms with van der Waals surface area (Å²) in [4.78, 5) is 39.2. The first-order valence-corrected chi connectivity index (χ1v) is 8.09. The second-order valence-corrected chi connectivity index (χ2v) is 6.59. The van der Waals surface area contributed by atoms with Gasteiger partial charge in [0.25, 0.3) is 5.91 Å². The van der Waals surface area contributed by atoms with E-state index >= 15 is 0 Å². The number of nitrogens with zero attached hydrogens (tertiary/aromatic N) is 2. The van der Waals surface area contributed by atoms with E-state index in [9.17, 15) is 14.4 Å². The highest BCUT2D eigenvalue weighted by Crippen LogP contribution is 2.22. The predicted molar refractivity (Wildman–Crippen MR) is 82.8 cm³/mol. The number of rotatable bonds is 4. The monoisotopic (exact) mass is 324 g/mol. The molecule has 0 saturated carbocycles. The van der Waals surface area contributed by atoms with Gasteiger partial charge < -0.3 is 14.9 Å². The number of carbonyl (C=O) groups excluding carboxylic acids is 2. The van der Waals surface area contributed by atoms with Gasteiger partial charge in [-0.25, -0.2) is 0 Å². The first-order valence-electron chi connectivity index (χ1n) is 7.21. The number of carboxylic acids is 1. The highest BCUT2D eigenvalue weighted by molar-refractivity contribution is 7.12. The van der Waals surface area contributed by atoms with Crippen LogP contribution in [0.5, 0.6) is 0 Å². The quantitative estimate of drug-likeness (QED) is 0.911. The summed E-state index contributed by atoms with van der Waals surface area (Å²) in [5, 5.41) is 10.9. The number of carboxylic acid groups (broad SMARTS) is 1. The standard InChI is InChI=1S/C15H20N2O4S/c1-10-5-6-11(15(20)21)8-17(10)13(18)9-16(2)14(19)12-4-3-7-22-12/h3-4,7,10-11H,5-6,8-9H2,1-2H3,(H,20,21). The maximum Gasteiger partial charge on any atom is 0.308 e. The fraction of sp³-hybridized carbons (Fsp3) is 0.533. The van der Waals surface area contributed by atoms with Crippen LogP contribution in [0.2, 0.25) is 0 Å². The fourth-order valence-corrected chi connectivity index (χ4v) is 3.33. The first kappa shape index (κ1) is 16.5. The van der Waals surface area contributed by atoms with Crippen molar-refractivity contribution >= 4 is 29.1 Å². The minimum absolute atomic E-state index is 0.00772. The fourth-order valence-electron chi connectivity index (χ4n) is 2.61. The molecule has 1 N–H and O–H groups in total. The lowest BCUT2D eigenvalue weighted by atomic mass is 9.93. The van der Waals surface area contributed by atoms with E-state index < -0.39 is 11.9 Å². The van der Waals surface area contributed by atoms with Gasteiger partial charge in [-0.3, -0.25) is 14.4 Å². The predicted octanol–water partition coefficient (Wildman–Crippen LogP) is 1.53. The Morgan fingerprint density at radius 2 is 2.14 bits per heavy atom. The largest absolute Gasteiger partial charge is 0.481 e. The van der Waals surface area contributed by atoms with E-state index in [0.717, 1.165) is 0 Å². The number of amides is 2. The molecule has 1 aliphatic rings. The minimum Gasteiger partial charge on any atom is -0.481 e. The van der Waals surface area contributed by atoms with Crippen molar-refractivity contribution in [3.8, 4) is 0 Å². The van der Waals surface area contributed by atoms with Crippen molar-refractivity contribution < 1.29 is 19.5 Å². The minimum atomic E-state index is -0.868. The Morgan fingerprint density at radius 1 is 1.41 bits per heavy atom. The first-order chi connectivity index (χ1) is 10.4. The van der Waals surface area contributed by atoms with Crippen LogP contribution in [0.25, 0.3) is 0 Å². The molecule has 2 amide bonds. The van der Waals surface area contributed by atoms with E-state index in [1.807, 2.05) is 12.3 Å². The third-order valence-electron chi connectivity index (χ3n) is 4.00. The van der Waals surface area contributed by atoms with E-state index in [-0.39, 0.29) is 30.9 Å². The molecule has 2 unspecified atom stereocenters. The van der Waals surface area contributed by atoms with E-state index in [1.54, 1.807) is 24.1 Å². The molecule has 1 saturated heterocycles. The van der Waals surface area contributed by atoms with Crippen molar-refractivity contribution in [3.63, 3.8) is 0 Å². The van der Waals surface area contributed by atoms with E-state index in [4.69, 9.17) is 5.11 Å².